The molecule has 0 amide bonds. The maximum absolute atomic E-state index is 5.67. The fraction of sp³-hybridized carbons (Fsp3) is 0.727. The summed E-state index contributed by atoms with van der Waals surface area (Å²) in [6.07, 6.45) is 9.21. The van der Waals surface area contributed by atoms with Crippen molar-refractivity contribution in [1.82, 2.24) is 4.98 Å². The first-order chi connectivity index (χ1) is 6.90. The third kappa shape index (κ3) is 2.15. The first kappa shape index (κ1) is 9.71. The Kier molecular flexibility index (Phi) is 3.19. The molecule has 0 spiro atoms. The van der Waals surface area contributed by atoms with E-state index >= 15 is 0 Å². The smallest absolute Gasteiger partial charge is 0.195 e. The topological polar surface area (TPSA) is 52.0 Å². The van der Waals surface area contributed by atoms with E-state index in [1.165, 1.54) is 32.1 Å². The molecule has 3 heteroatoms. The van der Waals surface area contributed by atoms with Crippen LogP contribution in [0.15, 0.2) is 10.6 Å². The van der Waals surface area contributed by atoms with Crippen molar-refractivity contribution in [3.63, 3.8) is 0 Å². The number of hydrogen-bond donors (Lipinski definition) is 1. The monoisotopic (exact) mass is 194 g/mol. The number of oxazole rings is 1. The van der Waals surface area contributed by atoms with Gasteiger partial charge in [0.25, 0.3) is 0 Å². The van der Waals surface area contributed by atoms with Crippen LogP contribution < -0.4 is 5.73 Å². The lowest BCUT2D eigenvalue weighted by Crippen LogP contribution is -2.04. The Morgan fingerprint density at radius 2 is 2.14 bits per heavy atom. The van der Waals surface area contributed by atoms with Crippen LogP contribution in [0, 0.1) is 0 Å². The van der Waals surface area contributed by atoms with Crippen molar-refractivity contribution in [2.24, 2.45) is 5.73 Å². The van der Waals surface area contributed by atoms with E-state index in [1.807, 2.05) is 6.20 Å². The summed E-state index contributed by atoms with van der Waals surface area (Å²) in [5, 5.41) is 0. The average molecular weight is 194 g/mol. The van der Waals surface area contributed by atoms with Gasteiger partial charge in [-0.1, -0.05) is 19.3 Å². The number of aromatic nitrogens is 1. The average Bonchev–Trinajstić information content (AvgIpc) is 2.68. The molecule has 0 aromatic carbocycles. The van der Waals surface area contributed by atoms with Gasteiger partial charge in [0, 0.05) is 18.9 Å². The Morgan fingerprint density at radius 1 is 1.36 bits per heavy atom. The van der Waals surface area contributed by atoms with Gasteiger partial charge in [0.1, 0.15) is 5.76 Å². The predicted octanol–water partition coefficient (Wildman–Crippen LogP) is 2.22. The summed E-state index contributed by atoms with van der Waals surface area (Å²) in [5.41, 5.74) is 5.45. The van der Waals surface area contributed by atoms with Crippen molar-refractivity contribution in [1.29, 1.82) is 0 Å². The number of nitrogens with zero attached hydrogens (tertiary/aromatic N) is 1. The third-order valence-electron chi connectivity index (χ3n) is 2.94. The molecule has 0 atom stereocenters. The first-order valence-corrected chi connectivity index (χ1v) is 5.55. The highest BCUT2D eigenvalue weighted by molar-refractivity contribution is 5.03. The van der Waals surface area contributed by atoms with Crippen LogP contribution in [0.5, 0.6) is 0 Å². The van der Waals surface area contributed by atoms with Gasteiger partial charge in [-0.2, -0.15) is 0 Å². The molecule has 0 aliphatic heterocycles. The summed E-state index contributed by atoms with van der Waals surface area (Å²) < 4.78 is 5.67. The number of rotatable bonds is 3. The molecule has 1 aromatic heterocycles. The zero-order chi connectivity index (χ0) is 9.80. The summed E-state index contributed by atoms with van der Waals surface area (Å²) in [5.74, 6) is 2.49. The van der Waals surface area contributed by atoms with E-state index in [9.17, 15) is 0 Å². The molecule has 1 aliphatic carbocycles. The summed E-state index contributed by atoms with van der Waals surface area (Å²) in [7, 11) is 0. The second-order valence-electron chi connectivity index (χ2n) is 4.03. The zero-order valence-electron chi connectivity index (χ0n) is 8.54. The molecular formula is C11H18N2O. The van der Waals surface area contributed by atoms with E-state index in [4.69, 9.17) is 10.2 Å². The fourth-order valence-corrected chi connectivity index (χ4v) is 2.14. The molecule has 14 heavy (non-hydrogen) atoms. The van der Waals surface area contributed by atoms with Gasteiger partial charge >= 0.3 is 0 Å². The van der Waals surface area contributed by atoms with Gasteiger partial charge in [-0.05, 0) is 12.8 Å². The maximum Gasteiger partial charge on any atom is 0.195 e. The van der Waals surface area contributed by atoms with Crippen molar-refractivity contribution >= 4 is 0 Å². The largest absolute Gasteiger partial charge is 0.445 e. The molecule has 3 nitrogen and oxygen atoms in total. The minimum absolute atomic E-state index is 0.614. The van der Waals surface area contributed by atoms with Crippen molar-refractivity contribution in [2.45, 2.75) is 44.4 Å². The van der Waals surface area contributed by atoms with Gasteiger partial charge in [-0.25, -0.2) is 4.98 Å². The van der Waals surface area contributed by atoms with Crippen LogP contribution in [0.25, 0.3) is 0 Å². The second kappa shape index (κ2) is 4.60. The standard InChI is InChI=1S/C11H18N2O/c12-7-6-11-13-8-10(14-11)9-4-2-1-3-5-9/h8-9H,1-7,12H2. The molecule has 1 heterocycles. The van der Waals surface area contributed by atoms with E-state index in [0.29, 0.717) is 12.5 Å². The predicted molar refractivity (Wildman–Crippen MR) is 55.1 cm³/mol. The Balaban J connectivity index is 2.00. The lowest BCUT2D eigenvalue weighted by Gasteiger charge is -2.18. The number of nitrogens with two attached hydrogens (primary N) is 1. The highest BCUT2D eigenvalue weighted by Crippen LogP contribution is 2.32. The van der Waals surface area contributed by atoms with Crippen LogP contribution in [-0.4, -0.2) is 11.5 Å². The van der Waals surface area contributed by atoms with Gasteiger partial charge < -0.3 is 10.2 Å². The van der Waals surface area contributed by atoms with Gasteiger partial charge in [0.05, 0.1) is 6.20 Å². The van der Waals surface area contributed by atoms with E-state index in [1.54, 1.807) is 0 Å². The van der Waals surface area contributed by atoms with Crippen LogP contribution in [-0.2, 0) is 6.42 Å². The minimum Gasteiger partial charge on any atom is -0.445 e. The molecule has 0 unspecified atom stereocenters. The molecular weight excluding hydrogens is 176 g/mol. The van der Waals surface area contributed by atoms with Crippen LogP contribution in [0.2, 0.25) is 0 Å². The zero-order valence-corrected chi connectivity index (χ0v) is 8.54. The summed E-state index contributed by atoms with van der Waals surface area (Å²) in [4.78, 5) is 4.23. The SMILES string of the molecule is NCCc1ncc(C2CCCCC2)o1. The van der Waals surface area contributed by atoms with E-state index < -0.39 is 0 Å². The Labute approximate surface area is 84.7 Å². The molecule has 78 valence electrons. The van der Waals surface area contributed by atoms with Crippen LogP contribution in [0.3, 0.4) is 0 Å². The van der Waals surface area contributed by atoms with Gasteiger partial charge in [0.2, 0.25) is 0 Å². The number of hydrogen-bond acceptors (Lipinski definition) is 3. The van der Waals surface area contributed by atoms with Crippen molar-refractivity contribution < 1.29 is 4.42 Å². The Hall–Kier alpha value is -0.830. The van der Waals surface area contributed by atoms with E-state index in [-0.39, 0.29) is 0 Å². The van der Waals surface area contributed by atoms with Crippen molar-refractivity contribution in [3.05, 3.63) is 17.8 Å². The molecule has 2 rings (SSSR count). The molecule has 1 aliphatic rings. The summed E-state index contributed by atoms with van der Waals surface area (Å²) in [6.45, 7) is 0.616. The van der Waals surface area contributed by atoms with Crippen molar-refractivity contribution in [2.75, 3.05) is 6.54 Å². The van der Waals surface area contributed by atoms with Gasteiger partial charge in [-0.3, -0.25) is 0 Å². The Bertz CT molecular complexity index is 277. The summed E-state index contributed by atoms with van der Waals surface area (Å²) >= 11 is 0. The Morgan fingerprint density at radius 3 is 2.86 bits per heavy atom. The lowest BCUT2D eigenvalue weighted by molar-refractivity contribution is 0.360. The molecule has 0 saturated heterocycles. The van der Waals surface area contributed by atoms with E-state index in [2.05, 4.69) is 4.98 Å². The molecule has 1 saturated carbocycles. The minimum atomic E-state index is 0.614. The second-order valence-corrected chi connectivity index (χ2v) is 4.03. The molecule has 1 aromatic rings. The lowest BCUT2D eigenvalue weighted by atomic mass is 9.88. The molecule has 2 N–H and O–H groups in total. The third-order valence-corrected chi connectivity index (χ3v) is 2.94. The molecule has 0 radical (unpaired) electrons. The highest BCUT2D eigenvalue weighted by atomic mass is 16.4. The van der Waals surface area contributed by atoms with Crippen LogP contribution in [0.4, 0.5) is 0 Å². The maximum atomic E-state index is 5.67. The molecule has 1 fully saturated rings. The van der Waals surface area contributed by atoms with Gasteiger partial charge in [0.15, 0.2) is 5.89 Å². The van der Waals surface area contributed by atoms with Crippen LogP contribution in [0.1, 0.15) is 49.7 Å². The fourth-order valence-electron chi connectivity index (χ4n) is 2.14. The quantitative estimate of drug-likeness (QED) is 0.802. The van der Waals surface area contributed by atoms with Crippen LogP contribution >= 0.6 is 0 Å². The highest BCUT2D eigenvalue weighted by Gasteiger charge is 2.19. The first-order valence-electron chi connectivity index (χ1n) is 5.55. The van der Waals surface area contributed by atoms with Crippen molar-refractivity contribution in [3.8, 4) is 0 Å². The van der Waals surface area contributed by atoms with Gasteiger partial charge in [-0.15, -0.1) is 0 Å². The molecule has 0 bridgehead atoms. The van der Waals surface area contributed by atoms with E-state index in [0.717, 1.165) is 18.1 Å². The normalized spacial score (nSPS) is 18.6. The summed E-state index contributed by atoms with van der Waals surface area (Å²) in [6, 6.07) is 0.